The summed E-state index contributed by atoms with van der Waals surface area (Å²) in [6.45, 7) is 2.70. The van der Waals surface area contributed by atoms with Gasteiger partial charge in [-0.2, -0.15) is 0 Å². The van der Waals surface area contributed by atoms with Crippen molar-refractivity contribution in [2.75, 3.05) is 12.8 Å². The zero-order chi connectivity index (χ0) is 13.7. The van der Waals surface area contributed by atoms with Gasteiger partial charge in [-0.05, 0) is 30.7 Å². The molecule has 0 aliphatic carbocycles. The zero-order valence-corrected chi connectivity index (χ0v) is 11.1. The summed E-state index contributed by atoms with van der Waals surface area (Å²) in [5.41, 5.74) is 0.344. The third kappa shape index (κ3) is 4.42. The van der Waals surface area contributed by atoms with E-state index in [0.717, 1.165) is 12.1 Å². The molecule has 0 bridgehead atoms. The van der Waals surface area contributed by atoms with E-state index in [1.165, 1.54) is 0 Å². The van der Waals surface area contributed by atoms with Gasteiger partial charge >= 0.3 is 0 Å². The number of benzene rings is 1. The van der Waals surface area contributed by atoms with Crippen molar-refractivity contribution in [1.29, 1.82) is 0 Å². The highest BCUT2D eigenvalue weighted by Crippen LogP contribution is 2.13. The van der Waals surface area contributed by atoms with E-state index in [-0.39, 0.29) is 11.8 Å². The van der Waals surface area contributed by atoms with Gasteiger partial charge < -0.3 is 5.32 Å². The average Bonchev–Trinajstić information content (AvgIpc) is 2.31. The maximum Gasteiger partial charge on any atom is 0.194 e. The van der Waals surface area contributed by atoms with Crippen molar-refractivity contribution in [3.05, 3.63) is 35.1 Å². The molecule has 0 spiro atoms. The lowest BCUT2D eigenvalue weighted by Crippen LogP contribution is -2.21. The lowest BCUT2D eigenvalue weighted by molar-refractivity contribution is 0.444. The normalized spacial score (nSPS) is 14.5. The summed E-state index contributed by atoms with van der Waals surface area (Å²) in [5.74, 6) is -3.82. The van der Waals surface area contributed by atoms with Gasteiger partial charge in [0.1, 0.15) is 0 Å². The van der Waals surface area contributed by atoms with Gasteiger partial charge in [-0.25, -0.2) is 13.2 Å². The van der Waals surface area contributed by atoms with Crippen molar-refractivity contribution in [1.82, 2.24) is 5.32 Å². The number of halogens is 3. The van der Waals surface area contributed by atoms with Gasteiger partial charge in [0.2, 0.25) is 0 Å². The average molecular weight is 279 g/mol. The van der Waals surface area contributed by atoms with E-state index in [1.807, 2.05) is 6.92 Å². The SMILES string of the molecule is CC(CCNCc1cc(F)c(F)c(F)c1)S(C)=O. The Balaban J connectivity index is 2.43. The molecule has 1 aromatic rings. The second kappa shape index (κ2) is 6.89. The van der Waals surface area contributed by atoms with Crippen molar-refractivity contribution >= 4 is 10.8 Å². The lowest BCUT2D eigenvalue weighted by Gasteiger charge is -2.09. The zero-order valence-electron chi connectivity index (χ0n) is 10.3. The molecule has 0 aliphatic rings. The van der Waals surface area contributed by atoms with Crippen LogP contribution in [-0.2, 0) is 17.3 Å². The van der Waals surface area contributed by atoms with Crippen LogP contribution >= 0.6 is 0 Å². The maximum absolute atomic E-state index is 12.9. The summed E-state index contributed by atoms with van der Waals surface area (Å²) in [6.07, 6.45) is 2.34. The predicted molar refractivity (Wildman–Crippen MR) is 66.2 cm³/mol. The molecule has 0 saturated heterocycles. The van der Waals surface area contributed by atoms with E-state index >= 15 is 0 Å². The third-order valence-electron chi connectivity index (χ3n) is 2.67. The van der Waals surface area contributed by atoms with E-state index in [2.05, 4.69) is 5.32 Å². The Morgan fingerprint density at radius 1 is 1.28 bits per heavy atom. The van der Waals surface area contributed by atoms with Crippen molar-refractivity contribution in [2.24, 2.45) is 0 Å². The molecule has 102 valence electrons. The minimum absolute atomic E-state index is 0.0687. The molecule has 0 saturated carbocycles. The maximum atomic E-state index is 12.9. The first-order valence-corrected chi connectivity index (χ1v) is 7.20. The summed E-state index contributed by atoms with van der Waals surface area (Å²) in [6, 6.07) is 1.93. The number of hydrogen-bond donors (Lipinski definition) is 1. The van der Waals surface area contributed by atoms with Gasteiger partial charge in [-0.1, -0.05) is 6.92 Å². The summed E-state index contributed by atoms with van der Waals surface area (Å²) in [4.78, 5) is 0. The quantitative estimate of drug-likeness (QED) is 0.640. The molecule has 1 N–H and O–H groups in total. The Morgan fingerprint density at radius 2 is 1.83 bits per heavy atom. The highest BCUT2D eigenvalue weighted by Gasteiger charge is 2.10. The van der Waals surface area contributed by atoms with Crippen molar-refractivity contribution in [3.63, 3.8) is 0 Å². The molecule has 0 aliphatic heterocycles. The van der Waals surface area contributed by atoms with Gasteiger partial charge in [0, 0.05) is 28.9 Å². The Kier molecular flexibility index (Phi) is 5.81. The first-order chi connectivity index (χ1) is 8.41. The third-order valence-corrected chi connectivity index (χ3v) is 4.04. The predicted octanol–water partition coefficient (Wildman–Crippen LogP) is 2.35. The molecule has 0 amide bonds. The molecule has 6 heteroatoms. The topological polar surface area (TPSA) is 29.1 Å². The van der Waals surface area contributed by atoms with Gasteiger partial charge in [-0.15, -0.1) is 0 Å². The van der Waals surface area contributed by atoms with Gasteiger partial charge in [-0.3, -0.25) is 4.21 Å². The molecule has 1 aromatic carbocycles. The Hall–Kier alpha value is -0.880. The van der Waals surface area contributed by atoms with Crippen LogP contribution in [0.2, 0.25) is 0 Å². The van der Waals surface area contributed by atoms with Crippen LogP contribution in [0.25, 0.3) is 0 Å². The first-order valence-electron chi connectivity index (χ1n) is 5.58. The standard InChI is InChI=1S/C12H16F3NOS/c1-8(18(2)17)3-4-16-7-9-5-10(13)12(15)11(14)6-9/h5-6,8,16H,3-4,7H2,1-2H3. The lowest BCUT2D eigenvalue weighted by atomic mass is 10.2. The van der Waals surface area contributed by atoms with E-state index in [9.17, 15) is 17.4 Å². The number of hydrogen-bond acceptors (Lipinski definition) is 2. The summed E-state index contributed by atoms with van der Waals surface area (Å²) >= 11 is 0. The number of rotatable bonds is 6. The number of nitrogens with one attached hydrogen (secondary N) is 1. The molecule has 2 nitrogen and oxygen atoms in total. The van der Waals surface area contributed by atoms with Crippen LogP contribution in [0.15, 0.2) is 12.1 Å². The van der Waals surface area contributed by atoms with Crippen molar-refractivity contribution in [3.8, 4) is 0 Å². The second-order valence-corrected chi connectivity index (χ2v) is 5.95. The highest BCUT2D eigenvalue weighted by molar-refractivity contribution is 7.84. The van der Waals surface area contributed by atoms with Crippen LogP contribution in [0, 0.1) is 17.5 Å². The molecule has 18 heavy (non-hydrogen) atoms. The summed E-state index contributed by atoms with van der Waals surface area (Å²) < 4.78 is 49.6. The molecular formula is C12H16F3NOS. The largest absolute Gasteiger partial charge is 0.313 e. The van der Waals surface area contributed by atoms with Crippen LogP contribution in [-0.4, -0.2) is 22.3 Å². The van der Waals surface area contributed by atoms with E-state index in [0.29, 0.717) is 18.5 Å². The van der Waals surface area contributed by atoms with E-state index < -0.39 is 28.3 Å². The monoisotopic (exact) mass is 279 g/mol. The van der Waals surface area contributed by atoms with Crippen LogP contribution in [0.3, 0.4) is 0 Å². The van der Waals surface area contributed by atoms with Gasteiger partial charge in [0.15, 0.2) is 17.5 Å². The highest BCUT2D eigenvalue weighted by atomic mass is 32.2. The molecule has 0 aromatic heterocycles. The van der Waals surface area contributed by atoms with Crippen molar-refractivity contribution < 1.29 is 17.4 Å². The van der Waals surface area contributed by atoms with Gasteiger partial charge in [0.05, 0.1) is 0 Å². The van der Waals surface area contributed by atoms with Crippen LogP contribution < -0.4 is 5.32 Å². The Bertz CT molecular complexity index is 416. The molecule has 2 unspecified atom stereocenters. The Morgan fingerprint density at radius 3 is 2.33 bits per heavy atom. The van der Waals surface area contributed by atoms with Crippen LogP contribution in [0.4, 0.5) is 13.2 Å². The molecular weight excluding hydrogens is 263 g/mol. The molecule has 0 heterocycles. The molecule has 2 atom stereocenters. The summed E-state index contributed by atoms with van der Waals surface area (Å²) in [7, 11) is -0.878. The van der Waals surface area contributed by atoms with Crippen LogP contribution in [0.5, 0.6) is 0 Å². The van der Waals surface area contributed by atoms with E-state index in [4.69, 9.17) is 0 Å². The second-order valence-electron chi connectivity index (χ2n) is 4.15. The molecule has 0 radical (unpaired) electrons. The van der Waals surface area contributed by atoms with E-state index in [1.54, 1.807) is 6.26 Å². The fourth-order valence-electron chi connectivity index (χ4n) is 1.41. The fourth-order valence-corrected chi connectivity index (χ4v) is 1.86. The minimum atomic E-state index is -1.45. The summed E-state index contributed by atoms with van der Waals surface area (Å²) in [5, 5.41) is 3.04. The first kappa shape index (κ1) is 15.2. The smallest absolute Gasteiger partial charge is 0.194 e. The van der Waals surface area contributed by atoms with Crippen LogP contribution in [0.1, 0.15) is 18.9 Å². The fraction of sp³-hybridized carbons (Fsp3) is 0.500. The van der Waals surface area contributed by atoms with Gasteiger partial charge in [0.25, 0.3) is 0 Å². The van der Waals surface area contributed by atoms with Crippen molar-refractivity contribution in [2.45, 2.75) is 25.1 Å². The molecule has 1 rings (SSSR count). The Labute approximate surface area is 107 Å². The minimum Gasteiger partial charge on any atom is -0.313 e. The molecule has 0 fully saturated rings.